The van der Waals surface area contributed by atoms with E-state index < -0.39 is 9.84 Å². The predicted octanol–water partition coefficient (Wildman–Crippen LogP) is 4.19. The van der Waals surface area contributed by atoms with Crippen LogP contribution >= 0.6 is 0 Å². The van der Waals surface area contributed by atoms with Crippen molar-refractivity contribution in [1.29, 1.82) is 0 Å². The molecule has 0 amide bonds. The van der Waals surface area contributed by atoms with Crippen molar-refractivity contribution in [2.45, 2.75) is 5.75 Å². The van der Waals surface area contributed by atoms with Gasteiger partial charge in [0, 0.05) is 11.8 Å². The second-order valence-electron chi connectivity index (χ2n) is 5.95. The highest BCUT2D eigenvalue weighted by atomic mass is 32.2. The lowest BCUT2D eigenvalue weighted by molar-refractivity contribution is 0.601. The molecule has 4 aromatic rings. The zero-order valence-corrected chi connectivity index (χ0v) is 13.9. The molecule has 0 spiro atoms. The summed E-state index contributed by atoms with van der Waals surface area (Å²) in [6.07, 6.45) is 1.22. The molecule has 120 valence electrons. The molecule has 0 fully saturated rings. The van der Waals surface area contributed by atoms with Crippen LogP contribution in [0.15, 0.2) is 65.1 Å². The average molecular weight is 337 g/mol. The molecule has 0 N–H and O–H groups in total. The Morgan fingerprint density at radius 3 is 2.54 bits per heavy atom. The first kappa shape index (κ1) is 14.9. The molecular weight excluding hydrogens is 322 g/mol. The molecule has 0 radical (unpaired) electrons. The molecule has 4 nitrogen and oxygen atoms in total. The Hall–Kier alpha value is -2.66. The molecule has 0 aliphatic rings. The van der Waals surface area contributed by atoms with Crippen molar-refractivity contribution in [2.24, 2.45) is 0 Å². The van der Waals surface area contributed by atoms with Crippen LogP contribution < -0.4 is 0 Å². The van der Waals surface area contributed by atoms with Gasteiger partial charge >= 0.3 is 0 Å². The molecule has 0 saturated carbocycles. The van der Waals surface area contributed by atoms with E-state index in [-0.39, 0.29) is 5.75 Å². The van der Waals surface area contributed by atoms with Crippen LogP contribution in [0.3, 0.4) is 0 Å². The summed E-state index contributed by atoms with van der Waals surface area (Å²) in [6, 6.07) is 19.5. The van der Waals surface area contributed by atoms with Gasteiger partial charge in [-0.05, 0) is 40.6 Å². The van der Waals surface area contributed by atoms with E-state index in [4.69, 9.17) is 4.42 Å². The molecular formula is C19H15NO3S. The van der Waals surface area contributed by atoms with Crippen molar-refractivity contribution in [3.05, 3.63) is 66.2 Å². The van der Waals surface area contributed by atoms with Gasteiger partial charge in [-0.25, -0.2) is 13.4 Å². The molecule has 24 heavy (non-hydrogen) atoms. The molecule has 0 saturated heterocycles. The Kier molecular flexibility index (Phi) is 3.39. The zero-order chi connectivity index (χ0) is 16.7. The lowest BCUT2D eigenvalue weighted by Crippen LogP contribution is -2.00. The monoisotopic (exact) mass is 337 g/mol. The maximum absolute atomic E-state index is 11.4. The molecule has 1 heterocycles. The van der Waals surface area contributed by atoms with Gasteiger partial charge in [-0.15, -0.1) is 0 Å². The highest BCUT2D eigenvalue weighted by Gasteiger charge is 2.11. The maximum Gasteiger partial charge on any atom is 0.227 e. The number of rotatable bonds is 3. The van der Waals surface area contributed by atoms with E-state index in [1.165, 1.54) is 6.26 Å². The standard InChI is InChI=1S/C19H15NO3S/c1-24(21,22)12-13-6-9-18-17(10-13)20-19(23-18)16-8-7-14-4-2-3-5-15(14)11-16/h2-11H,12H2,1H3. The summed E-state index contributed by atoms with van der Waals surface area (Å²) in [5.41, 5.74) is 2.92. The Morgan fingerprint density at radius 1 is 0.958 bits per heavy atom. The van der Waals surface area contributed by atoms with Crippen molar-refractivity contribution in [3.63, 3.8) is 0 Å². The Bertz CT molecular complexity index is 1160. The number of benzene rings is 3. The SMILES string of the molecule is CS(=O)(=O)Cc1ccc2oc(-c3ccc4ccccc4c3)nc2c1. The first-order valence-electron chi connectivity index (χ1n) is 7.54. The fourth-order valence-electron chi connectivity index (χ4n) is 2.81. The average Bonchev–Trinajstić information content (AvgIpc) is 2.96. The number of aromatic nitrogens is 1. The van der Waals surface area contributed by atoms with Crippen LogP contribution in [0.1, 0.15) is 5.56 Å². The molecule has 0 unspecified atom stereocenters. The summed E-state index contributed by atoms with van der Waals surface area (Å²) in [4.78, 5) is 4.52. The van der Waals surface area contributed by atoms with Crippen LogP contribution in [-0.4, -0.2) is 19.7 Å². The van der Waals surface area contributed by atoms with Gasteiger partial charge in [-0.3, -0.25) is 0 Å². The number of nitrogens with zero attached hydrogens (tertiary/aromatic N) is 1. The topological polar surface area (TPSA) is 60.2 Å². The summed E-state index contributed by atoms with van der Waals surface area (Å²) in [7, 11) is -3.07. The smallest absolute Gasteiger partial charge is 0.227 e. The van der Waals surface area contributed by atoms with E-state index in [0.29, 0.717) is 22.6 Å². The first-order chi connectivity index (χ1) is 11.5. The molecule has 5 heteroatoms. The van der Waals surface area contributed by atoms with Crippen LogP contribution in [0, 0.1) is 0 Å². The van der Waals surface area contributed by atoms with Crippen molar-refractivity contribution in [1.82, 2.24) is 4.98 Å². The van der Waals surface area contributed by atoms with E-state index in [9.17, 15) is 8.42 Å². The van der Waals surface area contributed by atoms with Gasteiger partial charge in [-0.1, -0.05) is 36.4 Å². The predicted molar refractivity (Wildman–Crippen MR) is 95.5 cm³/mol. The van der Waals surface area contributed by atoms with Crippen molar-refractivity contribution < 1.29 is 12.8 Å². The molecule has 3 aromatic carbocycles. The summed E-state index contributed by atoms with van der Waals surface area (Å²) in [6.45, 7) is 0. The molecule has 0 bridgehead atoms. The summed E-state index contributed by atoms with van der Waals surface area (Å²) < 4.78 is 28.7. The minimum atomic E-state index is -3.07. The number of hydrogen-bond donors (Lipinski definition) is 0. The highest BCUT2D eigenvalue weighted by molar-refractivity contribution is 7.89. The Labute approximate surface area is 139 Å². The van der Waals surface area contributed by atoms with Crippen LogP contribution in [0.2, 0.25) is 0 Å². The fraction of sp³-hybridized carbons (Fsp3) is 0.105. The van der Waals surface area contributed by atoms with E-state index in [1.54, 1.807) is 18.2 Å². The van der Waals surface area contributed by atoms with E-state index in [0.717, 1.165) is 16.3 Å². The third-order valence-electron chi connectivity index (χ3n) is 3.88. The van der Waals surface area contributed by atoms with Gasteiger partial charge in [0.2, 0.25) is 5.89 Å². The Balaban J connectivity index is 1.78. The summed E-state index contributed by atoms with van der Waals surface area (Å²) >= 11 is 0. The van der Waals surface area contributed by atoms with Gasteiger partial charge in [0.15, 0.2) is 15.4 Å². The second kappa shape index (κ2) is 5.46. The van der Waals surface area contributed by atoms with Gasteiger partial charge in [0.05, 0.1) is 5.75 Å². The number of oxazole rings is 1. The normalized spacial score (nSPS) is 12.0. The lowest BCUT2D eigenvalue weighted by atomic mass is 10.1. The third kappa shape index (κ3) is 2.90. The summed E-state index contributed by atoms with van der Waals surface area (Å²) in [5, 5.41) is 2.28. The van der Waals surface area contributed by atoms with Gasteiger partial charge in [-0.2, -0.15) is 0 Å². The minimum absolute atomic E-state index is 0.00110. The van der Waals surface area contributed by atoms with Gasteiger partial charge < -0.3 is 4.42 Å². The molecule has 0 aliphatic heterocycles. The fourth-order valence-corrected chi connectivity index (χ4v) is 3.60. The highest BCUT2D eigenvalue weighted by Crippen LogP contribution is 2.27. The molecule has 4 rings (SSSR count). The zero-order valence-electron chi connectivity index (χ0n) is 13.1. The quantitative estimate of drug-likeness (QED) is 0.562. The van der Waals surface area contributed by atoms with Crippen molar-refractivity contribution >= 4 is 31.7 Å². The van der Waals surface area contributed by atoms with E-state index in [1.807, 2.05) is 36.4 Å². The van der Waals surface area contributed by atoms with E-state index >= 15 is 0 Å². The van der Waals surface area contributed by atoms with Crippen LogP contribution in [0.5, 0.6) is 0 Å². The number of sulfone groups is 1. The van der Waals surface area contributed by atoms with Gasteiger partial charge in [0.25, 0.3) is 0 Å². The first-order valence-corrected chi connectivity index (χ1v) is 9.60. The number of fused-ring (bicyclic) bond motifs is 2. The maximum atomic E-state index is 11.4. The lowest BCUT2D eigenvalue weighted by Gasteiger charge is -1.99. The third-order valence-corrected chi connectivity index (χ3v) is 4.73. The minimum Gasteiger partial charge on any atom is -0.436 e. The molecule has 1 aromatic heterocycles. The largest absolute Gasteiger partial charge is 0.436 e. The van der Waals surface area contributed by atoms with Crippen molar-refractivity contribution in [3.8, 4) is 11.5 Å². The van der Waals surface area contributed by atoms with Crippen LogP contribution in [0.4, 0.5) is 0 Å². The number of hydrogen-bond acceptors (Lipinski definition) is 4. The van der Waals surface area contributed by atoms with Crippen molar-refractivity contribution in [2.75, 3.05) is 6.26 Å². The van der Waals surface area contributed by atoms with Gasteiger partial charge in [0.1, 0.15) is 5.52 Å². The van der Waals surface area contributed by atoms with Crippen LogP contribution in [-0.2, 0) is 15.6 Å². The summed E-state index contributed by atoms with van der Waals surface area (Å²) in [5.74, 6) is 0.536. The van der Waals surface area contributed by atoms with E-state index in [2.05, 4.69) is 11.1 Å². The Morgan fingerprint density at radius 2 is 1.75 bits per heavy atom. The second-order valence-corrected chi connectivity index (χ2v) is 8.09. The van der Waals surface area contributed by atoms with Crippen LogP contribution in [0.25, 0.3) is 33.3 Å². The molecule has 0 atom stereocenters. The molecule has 0 aliphatic carbocycles.